The summed E-state index contributed by atoms with van der Waals surface area (Å²) in [6, 6.07) is -4.64. The molecule has 0 radical (unpaired) electrons. The number of nitrogens with two attached hydrogens (primary N) is 5. The predicted octanol–water partition coefficient (Wildman–Crippen LogP) is -6.59. The van der Waals surface area contributed by atoms with Gasteiger partial charge in [-0.05, 0) is 12.8 Å². The highest BCUT2D eigenvalue weighted by Crippen LogP contribution is 2.31. The molecule has 2 heterocycles. The Balaban J connectivity index is 1.78. The van der Waals surface area contributed by atoms with Crippen LogP contribution in [0.4, 0.5) is 4.79 Å². The van der Waals surface area contributed by atoms with Crippen molar-refractivity contribution in [1.29, 1.82) is 0 Å². The minimum atomic E-state index is -1.51. The fourth-order valence-corrected chi connectivity index (χ4v) is 4.71. The lowest BCUT2D eigenvalue weighted by Gasteiger charge is -2.48. The molecule has 0 aromatic heterocycles. The molecular formula is C19H38N6O10. The number of urea groups is 1. The molecule has 0 bridgehead atoms. The lowest BCUT2D eigenvalue weighted by Crippen LogP contribution is -2.69. The molecule has 204 valence electrons. The van der Waals surface area contributed by atoms with E-state index in [0.29, 0.717) is 0 Å². The Morgan fingerprint density at radius 1 is 0.886 bits per heavy atom. The maximum atomic E-state index is 11.6. The summed E-state index contributed by atoms with van der Waals surface area (Å²) in [5, 5.41) is 53.6. The molecule has 7 unspecified atom stereocenters. The van der Waals surface area contributed by atoms with Crippen molar-refractivity contribution < 1.29 is 49.3 Å². The second-order valence-corrected chi connectivity index (χ2v) is 9.24. The van der Waals surface area contributed by atoms with Gasteiger partial charge in [-0.15, -0.1) is 0 Å². The summed E-state index contributed by atoms with van der Waals surface area (Å²) in [6.07, 6.45) is -12.0. The molecule has 3 fully saturated rings. The van der Waals surface area contributed by atoms with Gasteiger partial charge in [0.25, 0.3) is 0 Å². The zero-order chi connectivity index (χ0) is 26.0. The van der Waals surface area contributed by atoms with Crippen LogP contribution in [0.25, 0.3) is 0 Å². The van der Waals surface area contributed by atoms with Crippen molar-refractivity contribution in [3.63, 3.8) is 0 Å². The number of aliphatic hydroxyl groups excluding tert-OH is 5. The Morgan fingerprint density at radius 2 is 1.51 bits per heavy atom. The van der Waals surface area contributed by atoms with E-state index >= 15 is 0 Å². The van der Waals surface area contributed by atoms with E-state index in [1.807, 2.05) is 0 Å². The van der Waals surface area contributed by atoms with Gasteiger partial charge in [-0.2, -0.15) is 0 Å². The van der Waals surface area contributed by atoms with Crippen molar-refractivity contribution in [3.8, 4) is 0 Å². The highest BCUT2D eigenvalue weighted by Gasteiger charge is 2.51. The maximum absolute atomic E-state index is 11.6. The molecule has 0 spiro atoms. The van der Waals surface area contributed by atoms with E-state index in [1.165, 1.54) is 0 Å². The topological polar surface area (TPSA) is 297 Å². The SMILES string of the molecule is NCC1O[C@H](O[C@@H]2C(NC(N)=O)C[C@@H](N)C(O[C@H]3OC(CO)[C@@H](O)[C@H](N)C3O)C2O)C(N)C[C@@H]1O. The predicted molar refractivity (Wildman–Crippen MR) is 117 cm³/mol. The smallest absolute Gasteiger partial charge is 0.312 e. The molecule has 2 aliphatic heterocycles. The minimum absolute atomic E-state index is 0.00439. The number of primary amides is 1. The third-order valence-corrected chi connectivity index (χ3v) is 6.70. The van der Waals surface area contributed by atoms with E-state index in [0.717, 1.165) is 0 Å². The van der Waals surface area contributed by atoms with Gasteiger partial charge in [-0.3, -0.25) is 0 Å². The molecule has 1 saturated carbocycles. The van der Waals surface area contributed by atoms with Gasteiger partial charge < -0.3 is 78.5 Å². The standard InChI is InChI=1S/C19H38N6O10/c20-3-9-8(27)2-6(22)17(32-9)35-16-7(25-19(24)31)1-5(21)15(14(16)30)34-18-13(29)11(23)12(28)10(4-26)33-18/h5-18,26-30H,1-4,20-23H2,(H3,24,25,31)/t5-,6?,7?,8+,9?,10?,11+,12-,13?,14?,15?,16-,17-,18-/m1/s1. The van der Waals surface area contributed by atoms with Crippen LogP contribution < -0.4 is 34.0 Å². The molecule has 2 amide bonds. The van der Waals surface area contributed by atoms with Crippen LogP contribution in [-0.2, 0) is 18.9 Å². The minimum Gasteiger partial charge on any atom is -0.394 e. The normalized spacial score (nSPS) is 48.9. The van der Waals surface area contributed by atoms with E-state index < -0.39 is 98.2 Å². The number of rotatable bonds is 7. The van der Waals surface area contributed by atoms with Crippen LogP contribution in [0, 0.1) is 0 Å². The molecule has 3 aliphatic rings. The van der Waals surface area contributed by atoms with E-state index in [1.54, 1.807) is 0 Å². The number of carbonyl (C=O) groups is 1. The van der Waals surface area contributed by atoms with Gasteiger partial charge in [0, 0.05) is 12.6 Å². The van der Waals surface area contributed by atoms with Gasteiger partial charge in [-0.25, -0.2) is 4.79 Å². The molecule has 2 saturated heterocycles. The van der Waals surface area contributed by atoms with Crippen molar-refractivity contribution in [2.45, 2.75) is 98.4 Å². The van der Waals surface area contributed by atoms with Crippen LogP contribution in [-0.4, -0.2) is 130 Å². The largest absolute Gasteiger partial charge is 0.394 e. The maximum Gasteiger partial charge on any atom is 0.312 e. The van der Waals surface area contributed by atoms with Crippen LogP contribution in [0.1, 0.15) is 12.8 Å². The third-order valence-electron chi connectivity index (χ3n) is 6.70. The first kappa shape index (κ1) is 28.3. The quantitative estimate of drug-likeness (QED) is 0.152. The van der Waals surface area contributed by atoms with Crippen LogP contribution in [0.15, 0.2) is 0 Å². The molecule has 35 heavy (non-hydrogen) atoms. The number of hydrogen-bond donors (Lipinski definition) is 11. The van der Waals surface area contributed by atoms with Gasteiger partial charge in [0.2, 0.25) is 0 Å². The summed E-state index contributed by atoms with van der Waals surface area (Å²) in [5.74, 6) is 0. The Kier molecular flexibility index (Phi) is 9.60. The van der Waals surface area contributed by atoms with E-state index in [9.17, 15) is 30.3 Å². The third kappa shape index (κ3) is 6.19. The molecule has 0 aromatic carbocycles. The van der Waals surface area contributed by atoms with Gasteiger partial charge >= 0.3 is 6.03 Å². The summed E-state index contributed by atoms with van der Waals surface area (Å²) in [6.45, 7) is -0.599. The average molecular weight is 511 g/mol. The Hall–Kier alpha value is -1.25. The van der Waals surface area contributed by atoms with Crippen LogP contribution in [0.3, 0.4) is 0 Å². The molecule has 16 N–H and O–H groups in total. The molecular weight excluding hydrogens is 472 g/mol. The summed E-state index contributed by atoms with van der Waals surface area (Å²) >= 11 is 0. The number of carbonyl (C=O) groups excluding carboxylic acids is 1. The Labute approximate surface area is 201 Å². The van der Waals surface area contributed by atoms with Crippen molar-refractivity contribution in [2.24, 2.45) is 28.7 Å². The molecule has 3 rings (SSSR count). The molecule has 14 atom stereocenters. The molecule has 0 aromatic rings. The van der Waals surface area contributed by atoms with Crippen LogP contribution in [0.5, 0.6) is 0 Å². The summed E-state index contributed by atoms with van der Waals surface area (Å²) in [5.41, 5.74) is 29.0. The molecule has 16 nitrogen and oxygen atoms in total. The van der Waals surface area contributed by atoms with Crippen molar-refractivity contribution in [2.75, 3.05) is 13.2 Å². The van der Waals surface area contributed by atoms with Gasteiger partial charge in [0.05, 0.1) is 36.9 Å². The fourth-order valence-electron chi connectivity index (χ4n) is 4.71. The zero-order valence-electron chi connectivity index (χ0n) is 19.1. The fraction of sp³-hybridized carbons (Fsp3) is 0.947. The van der Waals surface area contributed by atoms with Gasteiger partial charge in [0.15, 0.2) is 12.6 Å². The zero-order valence-corrected chi connectivity index (χ0v) is 19.1. The Bertz CT molecular complexity index is 709. The number of amides is 2. The van der Waals surface area contributed by atoms with Gasteiger partial charge in [0.1, 0.15) is 36.6 Å². The van der Waals surface area contributed by atoms with E-state index in [4.69, 9.17) is 47.6 Å². The lowest BCUT2D eigenvalue weighted by molar-refractivity contribution is -0.315. The molecule has 1 aliphatic carbocycles. The second-order valence-electron chi connectivity index (χ2n) is 9.24. The first-order valence-corrected chi connectivity index (χ1v) is 11.5. The first-order valence-electron chi connectivity index (χ1n) is 11.5. The summed E-state index contributed by atoms with van der Waals surface area (Å²) in [7, 11) is 0. The van der Waals surface area contributed by atoms with Gasteiger partial charge in [-0.1, -0.05) is 0 Å². The number of hydrogen-bond acceptors (Lipinski definition) is 14. The highest BCUT2D eigenvalue weighted by atomic mass is 16.7. The monoisotopic (exact) mass is 510 g/mol. The number of nitrogens with one attached hydrogen (secondary N) is 1. The number of aliphatic hydroxyl groups is 5. The van der Waals surface area contributed by atoms with E-state index in [2.05, 4.69) is 5.32 Å². The Morgan fingerprint density at radius 3 is 2.11 bits per heavy atom. The van der Waals surface area contributed by atoms with Crippen LogP contribution in [0.2, 0.25) is 0 Å². The summed E-state index contributed by atoms with van der Waals surface area (Å²) in [4.78, 5) is 11.6. The van der Waals surface area contributed by atoms with E-state index in [-0.39, 0.29) is 19.4 Å². The van der Waals surface area contributed by atoms with Crippen LogP contribution >= 0.6 is 0 Å². The lowest BCUT2D eigenvalue weighted by atomic mass is 9.83. The number of ether oxygens (including phenoxy) is 4. The first-order chi connectivity index (χ1) is 16.5. The van der Waals surface area contributed by atoms with Crippen molar-refractivity contribution in [1.82, 2.24) is 5.32 Å². The van der Waals surface area contributed by atoms with Crippen molar-refractivity contribution in [3.05, 3.63) is 0 Å². The average Bonchev–Trinajstić information content (AvgIpc) is 2.79. The second kappa shape index (κ2) is 11.9. The molecule has 16 heteroatoms. The van der Waals surface area contributed by atoms with Crippen molar-refractivity contribution >= 4 is 6.03 Å². The summed E-state index contributed by atoms with van der Waals surface area (Å²) < 4.78 is 22.8. The highest BCUT2D eigenvalue weighted by molar-refractivity contribution is 5.72.